The lowest BCUT2D eigenvalue weighted by Gasteiger charge is -1.92. The summed E-state index contributed by atoms with van der Waals surface area (Å²) in [7, 11) is 0. The van der Waals surface area contributed by atoms with Crippen LogP contribution in [0.3, 0.4) is 0 Å². The van der Waals surface area contributed by atoms with Crippen molar-refractivity contribution in [2.24, 2.45) is 0 Å². The zero-order chi connectivity index (χ0) is 12.9. The fourth-order valence-electron chi connectivity index (χ4n) is 1.78. The van der Waals surface area contributed by atoms with Gasteiger partial charge in [-0.3, -0.25) is 0 Å². The predicted octanol–water partition coefficient (Wildman–Crippen LogP) is 5.10. The van der Waals surface area contributed by atoms with Gasteiger partial charge >= 0.3 is 0 Å². The van der Waals surface area contributed by atoms with E-state index in [0.29, 0.717) is 0 Å². The summed E-state index contributed by atoms with van der Waals surface area (Å²) in [5, 5.41) is 0. The van der Waals surface area contributed by atoms with Crippen LogP contribution in [0.5, 0.6) is 0 Å². The van der Waals surface area contributed by atoms with Crippen molar-refractivity contribution in [1.29, 1.82) is 0 Å². The third-order valence-electron chi connectivity index (χ3n) is 2.69. The fourth-order valence-corrected chi connectivity index (χ4v) is 3.68. The molecule has 0 unspecified atom stereocenters. The molecule has 0 N–H and O–H groups in total. The van der Waals surface area contributed by atoms with Gasteiger partial charge in [0.05, 0.1) is 10.2 Å². The van der Waals surface area contributed by atoms with Crippen LogP contribution in [0.15, 0.2) is 65.0 Å². The molecule has 3 aromatic rings. The van der Waals surface area contributed by atoms with Crippen LogP contribution >= 0.6 is 23.1 Å². The number of thiazole rings is 1. The van der Waals surface area contributed by atoms with E-state index in [1.54, 1.807) is 23.1 Å². The van der Waals surface area contributed by atoms with Crippen LogP contribution in [-0.2, 0) is 0 Å². The Morgan fingerprint density at radius 1 is 1.00 bits per heavy atom. The summed E-state index contributed by atoms with van der Waals surface area (Å²) in [6.45, 7) is 0. The number of aromatic nitrogens is 1. The number of rotatable bonds is 4. The first kappa shape index (κ1) is 12.5. The van der Waals surface area contributed by atoms with E-state index in [4.69, 9.17) is 0 Å². The van der Waals surface area contributed by atoms with E-state index in [9.17, 15) is 0 Å². The highest BCUT2D eigenvalue weighted by atomic mass is 32.2. The molecular formula is C16H13NS2. The minimum Gasteiger partial charge on any atom is -0.230 e. The van der Waals surface area contributed by atoms with Gasteiger partial charge in [-0.2, -0.15) is 0 Å². The van der Waals surface area contributed by atoms with Gasteiger partial charge in [0.1, 0.15) is 0 Å². The molecule has 0 radical (unpaired) electrons. The van der Waals surface area contributed by atoms with E-state index in [2.05, 4.69) is 59.6 Å². The minimum atomic E-state index is 0.953. The normalized spacial score (nSPS) is 11.4. The van der Waals surface area contributed by atoms with Crippen LogP contribution in [0.4, 0.5) is 0 Å². The molecule has 0 spiro atoms. The highest BCUT2D eigenvalue weighted by Crippen LogP contribution is 2.29. The highest BCUT2D eigenvalue weighted by molar-refractivity contribution is 8.01. The van der Waals surface area contributed by atoms with Gasteiger partial charge in [-0.25, -0.2) is 4.98 Å². The quantitative estimate of drug-likeness (QED) is 0.618. The van der Waals surface area contributed by atoms with E-state index in [1.165, 1.54) is 10.3 Å². The lowest BCUT2D eigenvalue weighted by atomic mass is 10.2. The van der Waals surface area contributed by atoms with Gasteiger partial charge in [0.25, 0.3) is 0 Å². The Morgan fingerprint density at radius 2 is 1.79 bits per heavy atom. The van der Waals surface area contributed by atoms with Gasteiger partial charge in [-0.05, 0) is 17.7 Å². The number of hydrogen-bond acceptors (Lipinski definition) is 3. The van der Waals surface area contributed by atoms with Crippen molar-refractivity contribution in [3.05, 3.63) is 66.2 Å². The maximum atomic E-state index is 4.60. The molecule has 19 heavy (non-hydrogen) atoms. The zero-order valence-corrected chi connectivity index (χ0v) is 12.0. The Morgan fingerprint density at radius 3 is 2.63 bits per heavy atom. The summed E-state index contributed by atoms with van der Waals surface area (Å²) < 4.78 is 2.40. The van der Waals surface area contributed by atoms with Crippen LogP contribution in [0.25, 0.3) is 16.3 Å². The molecule has 0 aliphatic heterocycles. The third-order valence-corrected chi connectivity index (χ3v) is 4.82. The van der Waals surface area contributed by atoms with Crippen molar-refractivity contribution in [3.8, 4) is 0 Å². The van der Waals surface area contributed by atoms with Crippen molar-refractivity contribution in [2.45, 2.75) is 4.34 Å². The average Bonchev–Trinajstić information content (AvgIpc) is 2.87. The molecule has 0 bridgehead atoms. The van der Waals surface area contributed by atoms with Crippen molar-refractivity contribution in [1.82, 2.24) is 4.98 Å². The standard InChI is InChI=1S/C16H13NS2/c1-2-7-13(8-3-1)9-6-12-18-16-17-14-10-4-5-11-15(14)19-16/h1-11H,12H2/b9-6+. The fraction of sp³-hybridized carbons (Fsp3) is 0.0625. The summed E-state index contributed by atoms with van der Waals surface area (Å²) in [5.74, 6) is 0.953. The van der Waals surface area contributed by atoms with Crippen molar-refractivity contribution in [3.63, 3.8) is 0 Å². The average molecular weight is 283 g/mol. The lowest BCUT2D eigenvalue weighted by Crippen LogP contribution is -1.73. The summed E-state index contributed by atoms with van der Waals surface area (Å²) in [6, 6.07) is 18.6. The smallest absolute Gasteiger partial charge is 0.151 e. The Hall–Kier alpha value is -1.58. The molecule has 94 valence electrons. The number of fused-ring (bicyclic) bond motifs is 1. The van der Waals surface area contributed by atoms with Crippen LogP contribution in [-0.4, -0.2) is 10.7 Å². The van der Waals surface area contributed by atoms with Crippen LogP contribution in [0, 0.1) is 0 Å². The van der Waals surface area contributed by atoms with Gasteiger partial charge < -0.3 is 0 Å². The van der Waals surface area contributed by atoms with Gasteiger partial charge in [0, 0.05) is 5.75 Å². The molecule has 3 rings (SSSR count). The summed E-state index contributed by atoms with van der Waals surface area (Å²) in [6.07, 6.45) is 4.34. The summed E-state index contributed by atoms with van der Waals surface area (Å²) >= 11 is 3.55. The molecule has 1 nitrogen and oxygen atoms in total. The van der Waals surface area contributed by atoms with Crippen LogP contribution in [0.1, 0.15) is 5.56 Å². The van der Waals surface area contributed by atoms with E-state index in [0.717, 1.165) is 15.6 Å². The second kappa shape index (κ2) is 6.04. The molecule has 0 aliphatic carbocycles. The number of nitrogens with zero attached hydrogens (tertiary/aromatic N) is 1. The Kier molecular flexibility index (Phi) is 3.96. The van der Waals surface area contributed by atoms with Crippen molar-refractivity contribution in [2.75, 3.05) is 5.75 Å². The Balaban J connectivity index is 1.62. The molecule has 0 saturated heterocycles. The van der Waals surface area contributed by atoms with E-state index in [1.807, 2.05) is 12.1 Å². The van der Waals surface area contributed by atoms with Gasteiger partial charge in [0.2, 0.25) is 0 Å². The Bertz CT molecular complexity index is 653. The van der Waals surface area contributed by atoms with E-state index >= 15 is 0 Å². The lowest BCUT2D eigenvalue weighted by molar-refractivity contribution is 1.30. The van der Waals surface area contributed by atoms with Crippen LogP contribution in [0.2, 0.25) is 0 Å². The summed E-state index contributed by atoms with van der Waals surface area (Å²) in [4.78, 5) is 4.60. The largest absolute Gasteiger partial charge is 0.230 e. The highest BCUT2D eigenvalue weighted by Gasteiger charge is 2.01. The Labute approximate surface area is 121 Å². The number of thioether (sulfide) groups is 1. The molecule has 1 heterocycles. The van der Waals surface area contributed by atoms with Crippen LogP contribution < -0.4 is 0 Å². The zero-order valence-electron chi connectivity index (χ0n) is 10.3. The van der Waals surface area contributed by atoms with Gasteiger partial charge in [0.15, 0.2) is 4.34 Å². The molecule has 2 aromatic carbocycles. The molecular weight excluding hydrogens is 270 g/mol. The maximum absolute atomic E-state index is 4.60. The van der Waals surface area contributed by atoms with Crippen molar-refractivity contribution >= 4 is 39.4 Å². The number of hydrogen-bond donors (Lipinski definition) is 0. The van der Waals surface area contributed by atoms with Crippen molar-refractivity contribution < 1.29 is 0 Å². The van der Waals surface area contributed by atoms with Gasteiger partial charge in [-0.1, -0.05) is 66.4 Å². The first-order valence-electron chi connectivity index (χ1n) is 6.12. The maximum Gasteiger partial charge on any atom is 0.151 e. The molecule has 0 atom stereocenters. The minimum absolute atomic E-state index is 0.953. The predicted molar refractivity (Wildman–Crippen MR) is 85.8 cm³/mol. The van der Waals surface area contributed by atoms with Gasteiger partial charge in [-0.15, -0.1) is 11.3 Å². The molecule has 0 saturated carbocycles. The number of para-hydroxylation sites is 1. The third kappa shape index (κ3) is 3.25. The SMILES string of the molecule is C(=C\c1ccccc1)/CSc1nc2ccccc2s1. The second-order valence-corrected chi connectivity index (χ2v) is 6.37. The van der Waals surface area contributed by atoms with E-state index < -0.39 is 0 Å². The van der Waals surface area contributed by atoms with E-state index in [-0.39, 0.29) is 0 Å². The molecule has 0 fully saturated rings. The monoisotopic (exact) mass is 283 g/mol. The molecule has 0 aliphatic rings. The first-order valence-corrected chi connectivity index (χ1v) is 7.92. The number of benzene rings is 2. The molecule has 0 amide bonds. The molecule has 1 aromatic heterocycles. The molecule has 3 heteroatoms. The first-order chi connectivity index (χ1) is 9.42. The summed E-state index contributed by atoms with van der Waals surface area (Å²) in [5.41, 5.74) is 2.34. The topological polar surface area (TPSA) is 12.9 Å². The second-order valence-electron chi connectivity index (χ2n) is 4.07.